The van der Waals surface area contributed by atoms with Gasteiger partial charge in [0, 0.05) is 44.6 Å². The molecule has 2 heterocycles. The Balaban J connectivity index is 1.36. The number of fused-ring (bicyclic) bond motifs is 1. The molecule has 0 unspecified atom stereocenters. The van der Waals surface area contributed by atoms with E-state index in [9.17, 15) is 14.4 Å². The molecule has 0 spiro atoms. The predicted octanol–water partition coefficient (Wildman–Crippen LogP) is 2.65. The molecule has 0 radical (unpaired) electrons. The molecule has 1 aromatic heterocycles. The normalized spacial score (nSPS) is 13.0. The molecular formula is C26H27N3O4. The quantitative estimate of drug-likeness (QED) is 0.578. The average molecular weight is 446 g/mol. The van der Waals surface area contributed by atoms with Gasteiger partial charge in [0.2, 0.25) is 11.3 Å². The largest absolute Gasteiger partial charge is 0.491 e. The third-order valence-corrected chi connectivity index (χ3v) is 5.93. The number of rotatable bonds is 8. The van der Waals surface area contributed by atoms with Gasteiger partial charge >= 0.3 is 0 Å². The van der Waals surface area contributed by atoms with Gasteiger partial charge in [-0.2, -0.15) is 0 Å². The van der Waals surface area contributed by atoms with Crippen LogP contribution in [0.1, 0.15) is 34.0 Å². The summed E-state index contributed by atoms with van der Waals surface area (Å²) in [6, 6.07) is 21.3. The van der Waals surface area contributed by atoms with Gasteiger partial charge in [0.15, 0.2) is 5.75 Å². The molecule has 0 aliphatic carbocycles. The first-order chi connectivity index (χ1) is 16.1. The van der Waals surface area contributed by atoms with Crippen LogP contribution >= 0.6 is 0 Å². The van der Waals surface area contributed by atoms with Crippen molar-refractivity contribution in [1.82, 2.24) is 14.8 Å². The second-order valence-electron chi connectivity index (χ2n) is 8.00. The Morgan fingerprint density at radius 2 is 1.64 bits per heavy atom. The molecule has 0 saturated heterocycles. The molecule has 1 aliphatic heterocycles. The van der Waals surface area contributed by atoms with E-state index in [0.717, 1.165) is 11.1 Å². The lowest BCUT2D eigenvalue weighted by Crippen LogP contribution is -2.45. The van der Waals surface area contributed by atoms with Crippen LogP contribution < -0.4 is 15.5 Å². The number of carbonyl (C=O) groups is 2. The zero-order valence-corrected chi connectivity index (χ0v) is 18.6. The molecule has 0 atom stereocenters. The molecule has 0 saturated carbocycles. The topological polar surface area (TPSA) is 80.6 Å². The van der Waals surface area contributed by atoms with Gasteiger partial charge in [-0.1, -0.05) is 60.7 Å². The highest BCUT2D eigenvalue weighted by Gasteiger charge is 2.25. The molecule has 170 valence electrons. The summed E-state index contributed by atoms with van der Waals surface area (Å²) in [6.45, 7) is 1.80. The minimum Gasteiger partial charge on any atom is -0.491 e. The van der Waals surface area contributed by atoms with E-state index >= 15 is 0 Å². The van der Waals surface area contributed by atoms with Crippen molar-refractivity contribution >= 4 is 11.8 Å². The Hall–Kier alpha value is -3.87. The van der Waals surface area contributed by atoms with Gasteiger partial charge in [-0.25, -0.2) is 0 Å². The molecule has 1 aliphatic rings. The lowest BCUT2D eigenvalue weighted by molar-refractivity contribution is -0.121. The van der Waals surface area contributed by atoms with Crippen molar-refractivity contribution in [2.24, 2.45) is 0 Å². The Morgan fingerprint density at radius 1 is 1.00 bits per heavy atom. The maximum absolute atomic E-state index is 12.8. The number of hydrogen-bond donors (Lipinski definition) is 1. The maximum Gasteiger partial charge on any atom is 0.270 e. The molecule has 3 aromatic rings. The number of ether oxygens (including phenoxy) is 1. The van der Waals surface area contributed by atoms with Crippen molar-refractivity contribution in [3.05, 3.63) is 100.0 Å². The fourth-order valence-electron chi connectivity index (χ4n) is 4.17. The number of carbonyl (C=O) groups excluding carboxylic acids is 2. The third-order valence-electron chi connectivity index (χ3n) is 5.93. The molecule has 33 heavy (non-hydrogen) atoms. The van der Waals surface area contributed by atoms with E-state index in [1.54, 1.807) is 15.7 Å². The molecule has 1 N–H and O–H groups in total. The molecule has 2 amide bonds. The van der Waals surface area contributed by atoms with Crippen LogP contribution in [0, 0.1) is 0 Å². The van der Waals surface area contributed by atoms with Crippen LogP contribution in [0.15, 0.2) is 77.7 Å². The molecule has 7 heteroatoms. The highest BCUT2D eigenvalue weighted by molar-refractivity contribution is 5.93. The zero-order chi connectivity index (χ0) is 23.2. The maximum atomic E-state index is 12.8. The lowest BCUT2D eigenvalue weighted by Gasteiger charge is -2.30. The fraction of sp³-hybridized carbons (Fsp3) is 0.269. The summed E-state index contributed by atoms with van der Waals surface area (Å²) in [7, 11) is 1.43. The van der Waals surface area contributed by atoms with Gasteiger partial charge in [-0.05, 0) is 11.1 Å². The summed E-state index contributed by atoms with van der Waals surface area (Å²) >= 11 is 0. The number of aromatic nitrogens is 1. The van der Waals surface area contributed by atoms with E-state index in [1.807, 2.05) is 60.7 Å². The zero-order valence-electron chi connectivity index (χ0n) is 18.6. The fourth-order valence-corrected chi connectivity index (χ4v) is 4.17. The first-order valence-corrected chi connectivity index (χ1v) is 11.0. The number of amides is 2. The first kappa shape index (κ1) is 22.3. The molecule has 2 aromatic carbocycles. The standard InChI is InChI=1S/C26H27N3O4/c1-33-24-18-29-15-14-28(26(32)22(29)17-23(24)30)13-12-27-25(31)16-21(19-8-4-2-5-9-19)20-10-6-3-7-11-20/h2-11,17-18,21H,12-16H2,1H3,(H,27,31). The van der Waals surface area contributed by atoms with Crippen LogP contribution in [-0.2, 0) is 11.3 Å². The van der Waals surface area contributed by atoms with Crippen LogP contribution in [0.4, 0.5) is 0 Å². The minimum absolute atomic E-state index is 0.0437. The van der Waals surface area contributed by atoms with Crippen molar-refractivity contribution in [1.29, 1.82) is 0 Å². The van der Waals surface area contributed by atoms with Gasteiger partial charge in [0.1, 0.15) is 5.69 Å². The van der Waals surface area contributed by atoms with Crippen LogP contribution in [0.5, 0.6) is 5.75 Å². The number of benzene rings is 2. The van der Waals surface area contributed by atoms with Gasteiger partial charge in [-0.15, -0.1) is 0 Å². The Bertz CT molecular complexity index is 1140. The number of pyridine rings is 1. The minimum atomic E-state index is -0.319. The molecule has 0 fully saturated rings. The number of hydrogen-bond acceptors (Lipinski definition) is 4. The van der Waals surface area contributed by atoms with E-state index in [2.05, 4.69) is 5.32 Å². The van der Waals surface area contributed by atoms with Crippen molar-refractivity contribution in [2.45, 2.75) is 18.9 Å². The second-order valence-corrected chi connectivity index (χ2v) is 8.00. The van der Waals surface area contributed by atoms with Crippen molar-refractivity contribution in [2.75, 3.05) is 26.7 Å². The van der Waals surface area contributed by atoms with Crippen LogP contribution in [0.2, 0.25) is 0 Å². The van der Waals surface area contributed by atoms with Crippen LogP contribution in [0.25, 0.3) is 0 Å². The second kappa shape index (κ2) is 10.2. The molecule has 4 rings (SSSR count). The van der Waals surface area contributed by atoms with E-state index in [1.165, 1.54) is 13.2 Å². The van der Waals surface area contributed by atoms with E-state index in [-0.39, 0.29) is 28.9 Å². The van der Waals surface area contributed by atoms with E-state index in [0.29, 0.717) is 38.3 Å². The van der Waals surface area contributed by atoms with Gasteiger partial charge < -0.3 is 19.5 Å². The summed E-state index contributed by atoms with van der Waals surface area (Å²) < 4.78 is 6.79. The van der Waals surface area contributed by atoms with E-state index in [4.69, 9.17) is 4.74 Å². The number of methoxy groups -OCH3 is 1. The highest BCUT2D eigenvalue weighted by atomic mass is 16.5. The molecule has 0 bridgehead atoms. The number of nitrogens with one attached hydrogen (secondary N) is 1. The van der Waals surface area contributed by atoms with Crippen molar-refractivity contribution < 1.29 is 14.3 Å². The Labute approximate surface area is 192 Å². The van der Waals surface area contributed by atoms with Crippen LogP contribution in [0.3, 0.4) is 0 Å². The summed E-state index contributed by atoms with van der Waals surface area (Å²) in [5.74, 6) is -0.114. The smallest absolute Gasteiger partial charge is 0.270 e. The van der Waals surface area contributed by atoms with Crippen LogP contribution in [-0.4, -0.2) is 48.0 Å². The Kier molecular flexibility index (Phi) is 6.88. The van der Waals surface area contributed by atoms with E-state index < -0.39 is 0 Å². The summed E-state index contributed by atoms with van der Waals surface area (Å²) in [4.78, 5) is 39.3. The van der Waals surface area contributed by atoms with Gasteiger partial charge in [0.25, 0.3) is 5.91 Å². The van der Waals surface area contributed by atoms with Gasteiger partial charge in [-0.3, -0.25) is 14.4 Å². The monoisotopic (exact) mass is 445 g/mol. The summed E-state index contributed by atoms with van der Waals surface area (Å²) in [6.07, 6.45) is 1.89. The number of nitrogens with zero attached hydrogens (tertiary/aromatic N) is 2. The average Bonchev–Trinajstić information content (AvgIpc) is 2.85. The lowest BCUT2D eigenvalue weighted by atomic mass is 9.88. The SMILES string of the molecule is COc1cn2c(cc1=O)C(=O)N(CCNC(=O)CC(c1ccccc1)c1ccccc1)CC2. The molecule has 7 nitrogen and oxygen atoms in total. The summed E-state index contributed by atoms with van der Waals surface area (Å²) in [5, 5.41) is 2.95. The highest BCUT2D eigenvalue weighted by Crippen LogP contribution is 2.27. The Morgan fingerprint density at radius 3 is 2.24 bits per heavy atom. The third kappa shape index (κ3) is 5.14. The molecular weight excluding hydrogens is 418 g/mol. The first-order valence-electron chi connectivity index (χ1n) is 11.0. The summed E-state index contributed by atoms with van der Waals surface area (Å²) in [5.41, 5.74) is 2.19. The van der Waals surface area contributed by atoms with Crippen molar-refractivity contribution in [3.63, 3.8) is 0 Å². The van der Waals surface area contributed by atoms with Gasteiger partial charge in [0.05, 0.1) is 13.3 Å². The predicted molar refractivity (Wildman–Crippen MR) is 126 cm³/mol. The van der Waals surface area contributed by atoms with Crippen molar-refractivity contribution in [3.8, 4) is 5.75 Å².